The van der Waals surface area contributed by atoms with E-state index >= 15 is 0 Å². The molecule has 1 aromatic rings. The summed E-state index contributed by atoms with van der Waals surface area (Å²) < 4.78 is 0. The van der Waals surface area contributed by atoms with Crippen LogP contribution in [0.25, 0.3) is 0 Å². The van der Waals surface area contributed by atoms with Crippen molar-refractivity contribution < 1.29 is 0 Å². The summed E-state index contributed by atoms with van der Waals surface area (Å²) in [5.41, 5.74) is 0.535. The Bertz CT molecular complexity index is 424. The molecule has 0 spiro atoms. The van der Waals surface area contributed by atoms with E-state index in [0.29, 0.717) is 10.9 Å². The highest BCUT2D eigenvalue weighted by Gasteiger charge is 2.37. The van der Waals surface area contributed by atoms with Crippen LogP contribution >= 0.6 is 11.6 Å². The monoisotopic (exact) mass is 234 g/mol. The maximum atomic E-state index is 9.32. The third-order valence-corrected chi connectivity index (χ3v) is 3.42. The predicted molar refractivity (Wildman–Crippen MR) is 66.4 cm³/mol. The van der Waals surface area contributed by atoms with Crippen LogP contribution in [0, 0.1) is 17.2 Å². The van der Waals surface area contributed by atoms with Gasteiger partial charge in [-0.15, -0.1) is 0 Å². The second-order valence-corrected chi connectivity index (χ2v) is 5.11. The number of rotatable bonds is 2. The third-order valence-electron chi connectivity index (χ3n) is 3.18. The van der Waals surface area contributed by atoms with E-state index in [9.17, 15) is 5.26 Å². The van der Waals surface area contributed by atoms with Crippen molar-refractivity contribution in [1.29, 1.82) is 5.26 Å². The van der Waals surface area contributed by atoms with E-state index in [4.69, 9.17) is 11.6 Å². The highest BCUT2D eigenvalue weighted by Crippen LogP contribution is 2.36. The first-order valence-corrected chi connectivity index (χ1v) is 5.96. The number of anilines is 1. The lowest BCUT2D eigenvalue weighted by Gasteiger charge is -2.24. The first kappa shape index (κ1) is 11.3. The van der Waals surface area contributed by atoms with Gasteiger partial charge in [0.15, 0.2) is 0 Å². The Morgan fingerprint density at radius 2 is 2.38 bits per heavy atom. The number of halogens is 1. The normalized spacial score (nSPS) is 28.7. The minimum absolute atomic E-state index is 0.399. The average molecular weight is 235 g/mol. The Labute approximate surface area is 101 Å². The lowest BCUT2D eigenvalue weighted by molar-refractivity contribution is 0.558. The maximum absolute atomic E-state index is 9.32. The fraction of sp³-hybridized carbons (Fsp3) is 0.462. The highest BCUT2D eigenvalue weighted by atomic mass is 35.5. The fourth-order valence-electron chi connectivity index (χ4n) is 2.38. The van der Waals surface area contributed by atoms with E-state index in [1.165, 1.54) is 0 Å². The SMILES string of the molecule is CC1CCC(C#N)(Nc2cccc(Cl)c2)C1. The predicted octanol–water partition coefficient (Wildman–Crippen LogP) is 3.83. The highest BCUT2D eigenvalue weighted by molar-refractivity contribution is 6.30. The molecule has 0 radical (unpaired) electrons. The first-order chi connectivity index (χ1) is 7.63. The van der Waals surface area contributed by atoms with E-state index < -0.39 is 5.54 Å². The van der Waals surface area contributed by atoms with E-state index in [0.717, 1.165) is 24.9 Å². The van der Waals surface area contributed by atoms with Gasteiger partial charge in [-0.3, -0.25) is 0 Å². The molecule has 1 N–H and O–H groups in total. The zero-order valence-corrected chi connectivity index (χ0v) is 10.1. The lowest BCUT2D eigenvalue weighted by Crippen LogP contribution is -2.33. The van der Waals surface area contributed by atoms with Gasteiger partial charge in [-0.05, 0) is 43.4 Å². The summed E-state index contributed by atoms with van der Waals surface area (Å²) in [4.78, 5) is 0. The molecule has 1 saturated carbocycles. The van der Waals surface area contributed by atoms with Crippen molar-refractivity contribution >= 4 is 17.3 Å². The minimum Gasteiger partial charge on any atom is -0.367 e. The van der Waals surface area contributed by atoms with Crippen LogP contribution in [0.5, 0.6) is 0 Å². The second-order valence-electron chi connectivity index (χ2n) is 4.68. The van der Waals surface area contributed by atoms with Crippen LogP contribution in [0.2, 0.25) is 5.02 Å². The zero-order valence-electron chi connectivity index (χ0n) is 9.33. The molecule has 1 fully saturated rings. The number of benzene rings is 1. The molecule has 0 bridgehead atoms. The van der Waals surface area contributed by atoms with Gasteiger partial charge in [0.05, 0.1) is 6.07 Å². The van der Waals surface area contributed by atoms with Crippen LogP contribution in [0.1, 0.15) is 26.2 Å². The van der Waals surface area contributed by atoms with E-state index in [-0.39, 0.29) is 0 Å². The van der Waals surface area contributed by atoms with Crippen molar-refractivity contribution in [3.8, 4) is 6.07 Å². The van der Waals surface area contributed by atoms with Gasteiger partial charge < -0.3 is 5.32 Å². The molecular formula is C13H15ClN2. The molecule has 2 unspecified atom stereocenters. The molecule has 0 amide bonds. The smallest absolute Gasteiger partial charge is 0.125 e. The number of hydrogen-bond donors (Lipinski definition) is 1. The quantitative estimate of drug-likeness (QED) is 0.844. The van der Waals surface area contributed by atoms with Crippen LogP contribution in [-0.2, 0) is 0 Å². The van der Waals surface area contributed by atoms with Crippen LogP contribution in [0.3, 0.4) is 0 Å². The van der Waals surface area contributed by atoms with Crippen molar-refractivity contribution in [1.82, 2.24) is 0 Å². The van der Waals surface area contributed by atoms with Gasteiger partial charge in [0.25, 0.3) is 0 Å². The topological polar surface area (TPSA) is 35.8 Å². The Hall–Kier alpha value is -1.20. The van der Waals surface area contributed by atoms with E-state index in [1.807, 2.05) is 24.3 Å². The van der Waals surface area contributed by atoms with Gasteiger partial charge in [0, 0.05) is 10.7 Å². The molecular weight excluding hydrogens is 220 g/mol. The molecule has 0 saturated heterocycles. The Balaban J connectivity index is 2.17. The Kier molecular flexibility index (Phi) is 3.07. The first-order valence-electron chi connectivity index (χ1n) is 5.58. The molecule has 1 aliphatic rings. The summed E-state index contributed by atoms with van der Waals surface area (Å²) in [5.74, 6) is 0.617. The van der Waals surface area contributed by atoms with Crippen LogP contribution in [0.15, 0.2) is 24.3 Å². The molecule has 1 aliphatic carbocycles. The van der Waals surface area contributed by atoms with Crippen LogP contribution in [0.4, 0.5) is 5.69 Å². The second kappa shape index (κ2) is 4.35. The van der Waals surface area contributed by atoms with E-state index in [1.54, 1.807) is 0 Å². The minimum atomic E-state index is -0.399. The largest absolute Gasteiger partial charge is 0.367 e. The van der Waals surface area contributed by atoms with Crippen LogP contribution in [-0.4, -0.2) is 5.54 Å². The van der Waals surface area contributed by atoms with Gasteiger partial charge in [-0.1, -0.05) is 24.6 Å². The molecule has 2 atom stereocenters. The van der Waals surface area contributed by atoms with E-state index in [2.05, 4.69) is 18.3 Å². The van der Waals surface area contributed by atoms with Gasteiger partial charge in [-0.2, -0.15) is 5.26 Å². The summed E-state index contributed by atoms with van der Waals surface area (Å²) in [6, 6.07) is 9.97. The zero-order chi connectivity index (χ0) is 11.6. The summed E-state index contributed by atoms with van der Waals surface area (Å²) in [7, 11) is 0. The van der Waals surface area contributed by atoms with Crippen molar-refractivity contribution in [2.45, 2.75) is 31.7 Å². The number of hydrogen-bond acceptors (Lipinski definition) is 2. The van der Waals surface area contributed by atoms with Gasteiger partial charge >= 0.3 is 0 Å². The maximum Gasteiger partial charge on any atom is 0.125 e. The van der Waals surface area contributed by atoms with Crippen molar-refractivity contribution in [3.63, 3.8) is 0 Å². The van der Waals surface area contributed by atoms with Gasteiger partial charge in [-0.25, -0.2) is 0 Å². The van der Waals surface area contributed by atoms with Gasteiger partial charge in [0.1, 0.15) is 5.54 Å². The molecule has 2 rings (SSSR count). The molecule has 16 heavy (non-hydrogen) atoms. The summed E-state index contributed by atoms with van der Waals surface area (Å²) >= 11 is 5.92. The average Bonchev–Trinajstić information content (AvgIpc) is 2.61. The standard InChI is InChI=1S/C13H15ClN2/c1-10-5-6-13(8-10,9-15)16-12-4-2-3-11(14)7-12/h2-4,7,10,16H,5-6,8H2,1H3. The molecule has 0 aromatic heterocycles. The fourth-order valence-corrected chi connectivity index (χ4v) is 2.57. The third kappa shape index (κ3) is 2.31. The molecule has 3 heteroatoms. The van der Waals surface area contributed by atoms with Crippen molar-refractivity contribution in [3.05, 3.63) is 29.3 Å². The number of nitriles is 1. The Morgan fingerprint density at radius 1 is 1.56 bits per heavy atom. The summed E-state index contributed by atoms with van der Waals surface area (Å²) in [6.07, 6.45) is 2.94. The lowest BCUT2D eigenvalue weighted by atomic mass is 9.98. The molecule has 1 aromatic carbocycles. The number of nitrogens with one attached hydrogen (secondary N) is 1. The molecule has 2 nitrogen and oxygen atoms in total. The Morgan fingerprint density at radius 3 is 2.94 bits per heavy atom. The number of nitrogens with zero attached hydrogens (tertiary/aromatic N) is 1. The van der Waals surface area contributed by atoms with Crippen molar-refractivity contribution in [2.75, 3.05) is 5.32 Å². The molecule has 84 valence electrons. The molecule has 0 heterocycles. The molecule has 0 aliphatic heterocycles. The van der Waals surface area contributed by atoms with Crippen LogP contribution < -0.4 is 5.32 Å². The summed E-state index contributed by atoms with van der Waals surface area (Å²) in [6.45, 7) is 2.19. The van der Waals surface area contributed by atoms with Gasteiger partial charge in [0.2, 0.25) is 0 Å². The summed E-state index contributed by atoms with van der Waals surface area (Å²) in [5, 5.41) is 13.3. The van der Waals surface area contributed by atoms with Crippen molar-refractivity contribution in [2.24, 2.45) is 5.92 Å².